The molecule has 10 heteroatoms. The van der Waals surface area contributed by atoms with Crippen LogP contribution in [0.1, 0.15) is 29.8 Å². The summed E-state index contributed by atoms with van der Waals surface area (Å²) in [5, 5.41) is 0. The van der Waals surface area contributed by atoms with Gasteiger partial charge in [0, 0.05) is 39.0 Å². The highest BCUT2D eigenvalue weighted by Crippen LogP contribution is 2.32. The summed E-state index contributed by atoms with van der Waals surface area (Å²) in [6.07, 6.45) is 5.07. The van der Waals surface area contributed by atoms with Gasteiger partial charge in [-0.05, 0) is 6.42 Å². The Balaban J connectivity index is 1.38. The Morgan fingerprint density at radius 3 is 2.48 bits per heavy atom. The zero-order valence-corrected chi connectivity index (χ0v) is 16.2. The molecule has 1 atom stereocenters. The lowest BCUT2D eigenvalue weighted by atomic mass is 10.0. The standard InChI is InChI=1S/C17H24N4O5S/c1-20(13-2-9-27(23,24)12-13)16(22)14-10-19-15(11-18-14)21-5-3-17(4-6-21)25-7-8-26-17/h10-11,13H,2-9,12H2,1H3. The number of rotatable bonds is 3. The van der Waals surface area contributed by atoms with Crippen LogP contribution in [-0.4, -0.2) is 85.9 Å². The molecule has 1 aromatic rings. The molecule has 1 spiro atoms. The quantitative estimate of drug-likeness (QED) is 0.708. The highest BCUT2D eigenvalue weighted by Gasteiger charge is 2.40. The van der Waals surface area contributed by atoms with Gasteiger partial charge in [0.15, 0.2) is 15.6 Å². The zero-order chi connectivity index (χ0) is 19.1. The first-order valence-electron chi connectivity index (χ1n) is 9.20. The molecule has 0 saturated carbocycles. The second-order valence-corrected chi connectivity index (χ2v) is 9.56. The number of amides is 1. The van der Waals surface area contributed by atoms with E-state index in [0.29, 0.717) is 25.5 Å². The van der Waals surface area contributed by atoms with Gasteiger partial charge in [0.1, 0.15) is 11.5 Å². The fraction of sp³-hybridized carbons (Fsp3) is 0.706. The van der Waals surface area contributed by atoms with Crippen LogP contribution in [0.4, 0.5) is 5.82 Å². The predicted molar refractivity (Wildman–Crippen MR) is 97.3 cm³/mol. The minimum absolute atomic E-state index is 0.0143. The summed E-state index contributed by atoms with van der Waals surface area (Å²) in [5.74, 6) is 0.112. The third-order valence-corrected chi connectivity index (χ3v) is 7.35. The second kappa shape index (κ2) is 6.99. The fourth-order valence-electron chi connectivity index (χ4n) is 3.88. The molecular weight excluding hydrogens is 372 g/mol. The van der Waals surface area contributed by atoms with E-state index in [1.807, 2.05) is 0 Å². The van der Waals surface area contributed by atoms with Crippen LogP contribution in [-0.2, 0) is 19.3 Å². The molecule has 0 N–H and O–H groups in total. The first-order chi connectivity index (χ1) is 12.9. The van der Waals surface area contributed by atoms with Crippen LogP contribution in [0.25, 0.3) is 0 Å². The Kier molecular flexibility index (Phi) is 4.81. The Morgan fingerprint density at radius 1 is 1.22 bits per heavy atom. The topological polar surface area (TPSA) is 102 Å². The number of carbonyl (C=O) groups excluding carboxylic acids is 1. The van der Waals surface area contributed by atoms with Gasteiger partial charge in [0.25, 0.3) is 5.91 Å². The van der Waals surface area contributed by atoms with Crippen molar-refractivity contribution in [3.05, 3.63) is 18.1 Å². The van der Waals surface area contributed by atoms with Crippen molar-refractivity contribution in [1.82, 2.24) is 14.9 Å². The average molecular weight is 396 g/mol. The smallest absolute Gasteiger partial charge is 0.274 e. The Labute approximate surface area is 158 Å². The number of aromatic nitrogens is 2. The molecule has 4 rings (SSSR count). The van der Waals surface area contributed by atoms with Crippen LogP contribution in [0.5, 0.6) is 0 Å². The normalized spacial score (nSPS) is 26.4. The summed E-state index contributed by atoms with van der Waals surface area (Å²) in [4.78, 5) is 24.8. The summed E-state index contributed by atoms with van der Waals surface area (Å²) < 4.78 is 34.7. The van der Waals surface area contributed by atoms with Crippen molar-refractivity contribution in [2.75, 3.05) is 49.8 Å². The van der Waals surface area contributed by atoms with Gasteiger partial charge < -0.3 is 19.3 Å². The number of sulfone groups is 1. The van der Waals surface area contributed by atoms with Gasteiger partial charge in [-0.1, -0.05) is 0 Å². The minimum atomic E-state index is -3.04. The van der Waals surface area contributed by atoms with Crippen LogP contribution in [0.2, 0.25) is 0 Å². The lowest BCUT2D eigenvalue weighted by molar-refractivity contribution is -0.169. The van der Waals surface area contributed by atoms with Gasteiger partial charge in [0.05, 0.1) is 37.1 Å². The van der Waals surface area contributed by atoms with Gasteiger partial charge in [-0.3, -0.25) is 4.79 Å². The van der Waals surface area contributed by atoms with E-state index in [1.165, 1.54) is 11.1 Å². The maximum Gasteiger partial charge on any atom is 0.274 e. The number of piperidine rings is 1. The zero-order valence-electron chi connectivity index (χ0n) is 15.3. The number of carbonyl (C=O) groups is 1. The van der Waals surface area contributed by atoms with Crippen molar-refractivity contribution in [1.29, 1.82) is 0 Å². The van der Waals surface area contributed by atoms with Crippen LogP contribution in [0.15, 0.2) is 12.4 Å². The molecule has 27 heavy (non-hydrogen) atoms. The highest BCUT2D eigenvalue weighted by molar-refractivity contribution is 7.91. The van der Waals surface area contributed by atoms with Gasteiger partial charge in [-0.25, -0.2) is 18.4 Å². The molecule has 0 radical (unpaired) electrons. The number of nitrogens with zero attached hydrogens (tertiary/aromatic N) is 4. The number of hydrogen-bond donors (Lipinski definition) is 0. The van der Waals surface area contributed by atoms with Gasteiger partial charge in [-0.15, -0.1) is 0 Å². The van der Waals surface area contributed by atoms with E-state index < -0.39 is 15.6 Å². The molecule has 0 aromatic carbocycles. The van der Waals surface area contributed by atoms with E-state index in [9.17, 15) is 13.2 Å². The Bertz CT molecular complexity index is 797. The van der Waals surface area contributed by atoms with Crippen molar-refractivity contribution < 1.29 is 22.7 Å². The van der Waals surface area contributed by atoms with Gasteiger partial charge in [-0.2, -0.15) is 0 Å². The third kappa shape index (κ3) is 3.78. The van der Waals surface area contributed by atoms with E-state index in [1.54, 1.807) is 13.2 Å². The lowest BCUT2D eigenvalue weighted by Gasteiger charge is -2.37. The van der Waals surface area contributed by atoms with Crippen molar-refractivity contribution >= 4 is 21.6 Å². The molecule has 1 aromatic heterocycles. The monoisotopic (exact) mass is 396 g/mol. The molecule has 4 heterocycles. The Hall–Kier alpha value is -1.78. The summed E-state index contributed by atoms with van der Waals surface area (Å²) in [7, 11) is -1.42. The maximum atomic E-state index is 12.6. The van der Waals surface area contributed by atoms with Gasteiger partial charge in [0.2, 0.25) is 0 Å². The fourth-order valence-corrected chi connectivity index (χ4v) is 5.66. The minimum Gasteiger partial charge on any atom is -0.355 e. The van der Waals surface area contributed by atoms with Crippen molar-refractivity contribution in [2.45, 2.75) is 31.1 Å². The van der Waals surface area contributed by atoms with E-state index in [0.717, 1.165) is 25.9 Å². The molecule has 0 aliphatic carbocycles. The third-order valence-electron chi connectivity index (χ3n) is 5.60. The summed E-state index contributed by atoms with van der Waals surface area (Å²) in [6.45, 7) is 2.79. The largest absolute Gasteiger partial charge is 0.355 e. The van der Waals surface area contributed by atoms with Crippen LogP contribution in [0, 0.1) is 0 Å². The first kappa shape index (κ1) is 18.6. The molecule has 1 unspecified atom stereocenters. The Morgan fingerprint density at radius 2 is 1.93 bits per heavy atom. The molecule has 3 aliphatic heterocycles. The molecular formula is C17H24N4O5S. The number of ether oxygens (including phenoxy) is 2. The van der Waals surface area contributed by atoms with Crippen molar-refractivity contribution in [2.24, 2.45) is 0 Å². The summed E-state index contributed by atoms with van der Waals surface area (Å²) >= 11 is 0. The van der Waals surface area contributed by atoms with E-state index in [2.05, 4.69) is 14.9 Å². The molecule has 3 fully saturated rings. The molecule has 3 saturated heterocycles. The van der Waals surface area contributed by atoms with E-state index in [4.69, 9.17) is 9.47 Å². The lowest BCUT2D eigenvalue weighted by Crippen LogP contribution is -2.45. The molecule has 148 valence electrons. The molecule has 0 bridgehead atoms. The van der Waals surface area contributed by atoms with Crippen molar-refractivity contribution in [3.63, 3.8) is 0 Å². The summed E-state index contributed by atoms with van der Waals surface area (Å²) in [5.41, 5.74) is 0.224. The molecule has 3 aliphatic rings. The molecule has 9 nitrogen and oxygen atoms in total. The van der Waals surface area contributed by atoms with Crippen LogP contribution >= 0.6 is 0 Å². The van der Waals surface area contributed by atoms with E-state index in [-0.39, 0.29) is 29.1 Å². The highest BCUT2D eigenvalue weighted by atomic mass is 32.2. The number of hydrogen-bond acceptors (Lipinski definition) is 8. The number of anilines is 1. The first-order valence-corrected chi connectivity index (χ1v) is 11.0. The SMILES string of the molecule is CN(C(=O)c1cnc(N2CCC3(CC2)OCCO3)cn1)C1CCS(=O)(=O)C1. The average Bonchev–Trinajstić information content (AvgIpc) is 3.28. The van der Waals surface area contributed by atoms with Crippen LogP contribution < -0.4 is 4.90 Å². The van der Waals surface area contributed by atoms with E-state index >= 15 is 0 Å². The molecule has 1 amide bonds. The maximum absolute atomic E-state index is 12.6. The van der Waals surface area contributed by atoms with Crippen LogP contribution in [0.3, 0.4) is 0 Å². The summed E-state index contributed by atoms with van der Waals surface area (Å²) in [6, 6.07) is -0.298. The van der Waals surface area contributed by atoms with Gasteiger partial charge >= 0.3 is 0 Å². The van der Waals surface area contributed by atoms with Crippen molar-refractivity contribution in [3.8, 4) is 0 Å². The second-order valence-electron chi connectivity index (χ2n) is 7.33. The predicted octanol–water partition coefficient (Wildman–Crippen LogP) is 0.0790.